The fourth-order valence-corrected chi connectivity index (χ4v) is 5.38. The first-order valence-corrected chi connectivity index (χ1v) is 12.3. The molecule has 1 aliphatic rings. The topological polar surface area (TPSA) is 59.1 Å². The van der Waals surface area contributed by atoms with Crippen LogP contribution in [0.15, 0.2) is 87.8 Å². The Labute approximate surface area is 215 Å². The van der Waals surface area contributed by atoms with E-state index in [2.05, 4.69) is 31.9 Å². The summed E-state index contributed by atoms with van der Waals surface area (Å²) < 4.78 is 12.1. The monoisotopic (exact) mass is 586 g/mol. The number of rotatable bonds is 6. The summed E-state index contributed by atoms with van der Waals surface area (Å²) in [5.74, 6) is -0.778. The molecule has 0 N–H and O–H groups in total. The molecule has 0 saturated carbocycles. The van der Waals surface area contributed by atoms with E-state index in [0.29, 0.717) is 0 Å². The second-order valence-corrected chi connectivity index (χ2v) is 9.72. The second kappa shape index (κ2) is 10.7. The minimum absolute atomic E-state index is 0.0122. The normalized spacial score (nSPS) is 20.2. The number of nitrogens with zero attached hydrogens (tertiary/aromatic N) is 2. The molecule has 0 bridgehead atoms. The van der Waals surface area contributed by atoms with E-state index in [4.69, 9.17) is 9.47 Å². The quantitative estimate of drug-likeness (QED) is 0.356. The molecular weight excluding hydrogens is 564 g/mol. The number of hydrogen-bond acceptors (Lipinski definition) is 6. The molecule has 4 rings (SSSR count). The summed E-state index contributed by atoms with van der Waals surface area (Å²) in [6, 6.07) is 24.2. The molecule has 1 fully saturated rings. The fourth-order valence-electron chi connectivity index (χ4n) is 4.54. The number of para-hydroxylation sites is 1. The number of anilines is 1. The maximum absolute atomic E-state index is 13.4. The largest absolute Gasteiger partial charge is 0.468 e. The Hall–Kier alpha value is -2.68. The van der Waals surface area contributed by atoms with Crippen LogP contribution in [-0.4, -0.2) is 43.6 Å². The van der Waals surface area contributed by atoms with Gasteiger partial charge in [-0.1, -0.05) is 74.3 Å². The van der Waals surface area contributed by atoms with Crippen LogP contribution in [0.5, 0.6) is 0 Å². The van der Waals surface area contributed by atoms with Crippen LogP contribution in [-0.2, 0) is 19.1 Å². The average Bonchev–Trinajstić information content (AvgIpc) is 3.18. The maximum Gasteiger partial charge on any atom is 0.330 e. The van der Waals surface area contributed by atoms with Crippen LogP contribution in [0.25, 0.3) is 0 Å². The van der Waals surface area contributed by atoms with Gasteiger partial charge < -0.3 is 14.4 Å². The van der Waals surface area contributed by atoms with E-state index in [9.17, 15) is 9.59 Å². The summed E-state index contributed by atoms with van der Waals surface area (Å²) in [4.78, 5) is 30.0. The Morgan fingerprint density at radius 3 is 2.03 bits per heavy atom. The van der Waals surface area contributed by atoms with Gasteiger partial charge in [0, 0.05) is 14.6 Å². The van der Waals surface area contributed by atoms with Crippen molar-refractivity contribution in [3.63, 3.8) is 0 Å². The van der Waals surface area contributed by atoms with Crippen LogP contribution in [0.1, 0.15) is 23.3 Å². The third-order valence-electron chi connectivity index (χ3n) is 5.91. The van der Waals surface area contributed by atoms with Crippen LogP contribution in [0.4, 0.5) is 5.69 Å². The molecule has 0 radical (unpaired) electrons. The molecule has 3 aromatic carbocycles. The number of halogens is 2. The SMILES string of the molecule is COC(=O)CN1[C@H](c2cccc(Br)c2)[C@H](C(=O)OC)N(c2ccccc2)[C@@H]1c1cccc(Br)c1. The van der Waals surface area contributed by atoms with E-state index in [-0.39, 0.29) is 12.5 Å². The van der Waals surface area contributed by atoms with Gasteiger partial charge >= 0.3 is 11.9 Å². The Balaban J connectivity index is 1.99. The summed E-state index contributed by atoms with van der Waals surface area (Å²) in [7, 11) is 2.76. The minimum atomic E-state index is -0.713. The summed E-state index contributed by atoms with van der Waals surface area (Å²) >= 11 is 7.12. The Kier molecular flexibility index (Phi) is 7.70. The van der Waals surface area contributed by atoms with Crippen molar-refractivity contribution >= 4 is 49.5 Å². The highest BCUT2D eigenvalue weighted by Crippen LogP contribution is 2.48. The minimum Gasteiger partial charge on any atom is -0.468 e. The maximum atomic E-state index is 13.4. The highest BCUT2D eigenvalue weighted by Gasteiger charge is 2.53. The van der Waals surface area contributed by atoms with Crippen molar-refractivity contribution in [1.29, 1.82) is 0 Å². The van der Waals surface area contributed by atoms with Gasteiger partial charge in [-0.3, -0.25) is 9.69 Å². The van der Waals surface area contributed by atoms with Crippen molar-refractivity contribution in [3.8, 4) is 0 Å². The van der Waals surface area contributed by atoms with Gasteiger partial charge in [0.2, 0.25) is 0 Å². The van der Waals surface area contributed by atoms with Gasteiger partial charge in [-0.15, -0.1) is 0 Å². The van der Waals surface area contributed by atoms with E-state index < -0.39 is 24.2 Å². The molecule has 0 amide bonds. The predicted molar refractivity (Wildman–Crippen MR) is 137 cm³/mol. The van der Waals surface area contributed by atoms with Crippen molar-refractivity contribution in [1.82, 2.24) is 4.90 Å². The number of benzene rings is 3. The molecule has 6 nitrogen and oxygen atoms in total. The van der Waals surface area contributed by atoms with E-state index in [1.807, 2.05) is 88.7 Å². The molecule has 0 spiro atoms. The van der Waals surface area contributed by atoms with Gasteiger partial charge in [-0.05, 0) is 47.5 Å². The third kappa shape index (κ3) is 4.89. The first-order valence-electron chi connectivity index (χ1n) is 10.7. The zero-order valence-electron chi connectivity index (χ0n) is 18.7. The molecule has 8 heteroatoms. The van der Waals surface area contributed by atoms with E-state index in [0.717, 1.165) is 25.8 Å². The lowest BCUT2D eigenvalue weighted by Gasteiger charge is -2.33. The molecule has 34 heavy (non-hydrogen) atoms. The van der Waals surface area contributed by atoms with Crippen molar-refractivity contribution in [2.24, 2.45) is 0 Å². The highest BCUT2D eigenvalue weighted by molar-refractivity contribution is 9.10. The van der Waals surface area contributed by atoms with Crippen molar-refractivity contribution in [3.05, 3.63) is 98.9 Å². The lowest BCUT2D eigenvalue weighted by molar-refractivity contribution is -0.145. The second-order valence-electron chi connectivity index (χ2n) is 7.89. The van der Waals surface area contributed by atoms with Gasteiger partial charge in [-0.25, -0.2) is 4.79 Å². The summed E-state index contributed by atoms with van der Waals surface area (Å²) in [6.45, 7) is -0.0122. The third-order valence-corrected chi connectivity index (χ3v) is 6.89. The molecule has 0 aromatic heterocycles. The standard InChI is InChI=1S/C26H24Br2N2O4/c1-33-22(31)16-29-23(17-8-6-10-19(27)14-17)24(26(32)34-2)30(21-12-4-3-5-13-21)25(29)18-9-7-11-20(28)15-18/h3-15,23-25H,16H2,1-2H3/t23-,24-,25-/m1/s1. The first-order chi connectivity index (χ1) is 16.4. The van der Waals surface area contributed by atoms with Crippen molar-refractivity contribution in [2.45, 2.75) is 18.2 Å². The van der Waals surface area contributed by atoms with Gasteiger partial charge in [0.1, 0.15) is 12.2 Å². The van der Waals surface area contributed by atoms with Crippen LogP contribution in [0.2, 0.25) is 0 Å². The molecule has 0 aliphatic carbocycles. The van der Waals surface area contributed by atoms with Crippen molar-refractivity contribution in [2.75, 3.05) is 25.7 Å². The molecule has 0 unspecified atom stereocenters. The molecule has 1 aliphatic heterocycles. The first kappa shape index (κ1) is 24.4. The molecular formula is C26H24Br2N2O4. The molecule has 3 aromatic rings. The lowest BCUT2D eigenvalue weighted by Crippen LogP contribution is -2.41. The van der Waals surface area contributed by atoms with Gasteiger partial charge in [-0.2, -0.15) is 0 Å². The summed E-state index contributed by atoms with van der Waals surface area (Å²) in [5.41, 5.74) is 2.65. The van der Waals surface area contributed by atoms with E-state index in [1.54, 1.807) is 0 Å². The smallest absolute Gasteiger partial charge is 0.330 e. The van der Waals surface area contributed by atoms with Crippen LogP contribution >= 0.6 is 31.9 Å². The lowest BCUT2D eigenvalue weighted by atomic mass is 9.98. The van der Waals surface area contributed by atoms with Crippen LogP contribution in [0.3, 0.4) is 0 Å². The molecule has 176 valence electrons. The average molecular weight is 588 g/mol. The van der Waals surface area contributed by atoms with Gasteiger partial charge in [0.25, 0.3) is 0 Å². The summed E-state index contributed by atoms with van der Waals surface area (Å²) in [5, 5.41) is 0. The predicted octanol–water partition coefficient (Wildman–Crippen LogP) is 5.49. The Bertz CT molecular complexity index is 1170. The molecule has 1 heterocycles. The molecule has 3 atom stereocenters. The number of carbonyl (C=O) groups excluding carboxylic acids is 2. The molecule has 1 saturated heterocycles. The van der Waals surface area contributed by atoms with Crippen LogP contribution in [0, 0.1) is 0 Å². The van der Waals surface area contributed by atoms with E-state index >= 15 is 0 Å². The zero-order valence-corrected chi connectivity index (χ0v) is 21.9. The number of methoxy groups -OCH3 is 2. The highest BCUT2D eigenvalue weighted by atomic mass is 79.9. The Morgan fingerprint density at radius 1 is 0.824 bits per heavy atom. The Morgan fingerprint density at radius 2 is 1.44 bits per heavy atom. The van der Waals surface area contributed by atoms with Gasteiger partial charge in [0.15, 0.2) is 0 Å². The number of esters is 2. The van der Waals surface area contributed by atoms with Crippen molar-refractivity contribution < 1.29 is 19.1 Å². The van der Waals surface area contributed by atoms with E-state index in [1.165, 1.54) is 14.2 Å². The summed E-state index contributed by atoms with van der Waals surface area (Å²) in [6.07, 6.45) is -0.438. The number of ether oxygens (including phenoxy) is 2. The zero-order chi connectivity index (χ0) is 24.2. The van der Waals surface area contributed by atoms with Gasteiger partial charge in [0.05, 0.1) is 26.8 Å². The van der Waals surface area contributed by atoms with Crippen LogP contribution < -0.4 is 4.90 Å². The fraction of sp³-hybridized carbons (Fsp3) is 0.231. The number of carbonyl (C=O) groups is 2. The number of hydrogen-bond donors (Lipinski definition) is 0.